The molecular weight excluding hydrogens is 221 g/mol. The monoisotopic (exact) mass is 241 g/mol. The minimum Gasteiger partial charge on any atom is -0.490 e. The molecule has 1 rings (SSSR count). The van der Waals surface area contributed by atoms with Crippen LogP contribution in [0.25, 0.3) is 0 Å². The molecular formula is C13H20FNO2. The Morgan fingerprint density at radius 1 is 1.35 bits per heavy atom. The second-order valence-electron chi connectivity index (χ2n) is 4.18. The van der Waals surface area contributed by atoms with Gasteiger partial charge in [0.05, 0.1) is 5.60 Å². The molecule has 0 spiro atoms. The number of rotatable bonds is 6. The highest BCUT2D eigenvalue weighted by Crippen LogP contribution is 2.22. The van der Waals surface area contributed by atoms with Crippen molar-refractivity contribution in [2.45, 2.75) is 38.8 Å². The van der Waals surface area contributed by atoms with Gasteiger partial charge < -0.3 is 15.6 Å². The molecule has 3 N–H and O–H groups in total. The van der Waals surface area contributed by atoms with E-state index in [9.17, 15) is 9.50 Å². The fourth-order valence-corrected chi connectivity index (χ4v) is 1.51. The molecule has 0 aliphatic carbocycles. The van der Waals surface area contributed by atoms with Gasteiger partial charge in [-0.05, 0) is 31.0 Å². The third kappa shape index (κ3) is 3.68. The van der Waals surface area contributed by atoms with Crippen LogP contribution in [-0.4, -0.2) is 17.3 Å². The molecule has 96 valence electrons. The van der Waals surface area contributed by atoms with Crippen molar-refractivity contribution in [3.05, 3.63) is 29.6 Å². The van der Waals surface area contributed by atoms with E-state index in [2.05, 4.69) is 0 Å². The Balaban J connectivity index is 2.75. The summed E-state index contributed by atoms with van der Waals surface area (Å²) < 4.78 is 18.5. The van der Waals surface area contributed by atoms with Crippen molar-refractivity contribution in [2.24, 2.45) is 5.73 Å². The van der Waals surface area contributed by atoms with Crippen LogP contribution < -0.4 is 10.5 Å². The zero-order valence-corrected chi connectivity index (χ0v) is 10.4. The van der Waals surface area contributed by atoms with Gasteiger partial charge in [0.1, 0.15) is 18.2 Å². The topological polar surface area (TPSA) is 55.5 Å². The molecule has 0 unspecified atom stereocenters. The van der Waals surface area contributed by atoms with Crippen LogP contribution in [0.3, 0.4) is 0 Å². The van der Waals surface area contributed by atoms with Crippen LogP contribution in [0, 0.1) is 5.82 Å². The van der Waals surface area contributed by atoms with Crippen molar-refractivity contribution < 1.29 is 14.2 Å². The first kappa shape index (κ1) is 13.9. The largest absolute Gasteiger partial charge is 0.490 e. The van der Waals surface area contributed by atoms with Gasteiger partial charge in [-0.25, -0.2) is 4.39 Å². The lowest BCUT2D eigenvalue weighted by Gasteiger charge is -2.25. The number of aliphatic hydroxyl groups is 1. The van der Waals surface area contributed by atoms with Crippen LogP contribution >= 0.6 is 0 Å². The van der Waals surface area contributed by atoms with Crippen molar-refractivity contribution in [3.8, 4) is 5.75 Å². The summed E-state index contributed by atoms with van der Waals surface area (Å²) in [6.45, 7) is 4.21. The first-order valence-corrected chi connectivity index (χ1v) is 5.88. The highest BCUT2D eigenvalue weighted by atomic mass is 19.1. The minimum absolute atomic E-state index is 0.193. The van der Waals surface area contributed by atoms with Gasteiger partial charge >= 0.3 is 0 Å². The molecule has 0 aliphatic rings. The van der Waals surface area contributed by atoms with Crippen LogP contribution in [0.5, 0.6) is 5.75 Å². The maximum atomic E-state index is 13.0. The van der Waals surface area contributed by atoms with Gasteiger partial charge in [-0.15, -0.1) is 0 Å². The van der Waals surface area contributed by atoms with Crippen LogP contribution in [0.1, 0.15) is 32.3 Å². The molecule has 3 nitrogen and oxygen atoms in total. The molecule has 0 saturated heterocycles. The van der Waals surface area contributed by atoms with E-state index in [1.54, 1.807) is 6.07 Å². The third-order valence-electron chi connectivity index (χ3n) is 3.06. The van der Waals surface area contributed by atoms with E-state index >= 15 is 0 Å². The van der Waals surface area contributed by atoms with Crippen molar-refractivity contribution in [2.75, 3.05) is 6.61 Å². The summed E-state index contributed by atoms with van der Waals surface area (Å²) in [4.78, 5) is 0. The average Bonchev–Trinajstić information content (AvgIpc) is 2.36. The zero-order chi connectivity index (χ0) is 12.9. The number of halogens is 1. The Kier molecular flexibility index (Phi) is 4.90. The summed E-state index contributed by atoms with van der Waals surface area (Å²) >= 11 is 0. The maximum absolute atomic E-state index is 13.0. The van der Waals surface area contributed by atoms with Crippen molar-refractivity contribution >= 4 is 0 Å². The lowest BCUT2D eigenvalue weighted by molar-refractivity contribution is -0.0116. The molecule has 0 heterocycles. The van der Waals surface area contributed by atoms with Crippen molar-refractivity contribution in [1.29, 1.82) is 0 Å². The average molecular weight is 241 g/mol. The van der Waals surface area contributed by atoms with Gasteiger partial charge in [0.25, 0.3) is 0 Å². The van der Waals surface area contributed by atoms with Crippen LogP contribution in [0.4, 0.5) is 4.39 Å². The lowest BCUT2D eigenvalue weighted by atomic mass is 9.99. The maximum Gasteiger partial charge on any atom is 0.124 e. The molecule has 4 heteroatoms. The molecule has 0 amide bonds. The Hall–Kier alpha value is -1.13. The van der Waals surface area contributed by atoms with Gasteiger partial charge in [0, 0.05) is 12.1 Å². The van der Waals surface area contributed by atoms with Gasteiger partial charge in [0.15, 0.2) is 0 Å². The van der Waals surface area contributed by atoms with Crippen LogP contribution in [-0.2, 0) is 6.54 Å². The molecule has 17 heavy (non-hydrogen) atoms. The summed E-state index contributed by atoms with van der Waals surface area (Å²) in [6.07, 6.45) is 1.23. The van der Waals surface area contributed by atoms with E-state index in [4.69, 9.17) is 10.5 Å². The number of nitrogens with two attached hydrogens (primary N) is 1. The Morgan fingerprint density at radius 3 is 2.53 bits per heavy atom. The quantitative estimate of drug-likeness (QED) is 0.803. The lowest BCUT2D eigenvalue weighted by Crippen LogP contribution is -2.34. The molecule has 0 saturated carbocycles. The predicted octanol–water partition coefficient (Wildman–Crippen LogP) is 2.21. The highest BCUT2D eigenvalue weighted by Gasteiger charge is 2.23. The Labute approximate surface area is 101 Å². The first-order valence-electron chi connectivity index (χ1n) is 5.88. The Bertz CT molecular complexity index is 364. The van der Waals surface area contributed by atoms with Gasteiger partial charge in [0.2, 0.25) is 0 Å². The summed E-state index contributed by atoms with van der Waals surface area (Å²) in [6, 6.07) is 4.22. The van der Waals surface area contributed by atoms with E-state index in [0.717, 1.165) is 0 Å². The number of hydrogen-bond donors (Lipinski definition) is 2. The summed E-state index contributed by atoms with van der Waals surface area (Å²) in [5.41, 5.74) is 5.29. The molecule has 1 aromatic rings. The minimum atomic E-state index is -0.833. The summed E-state index contributed by atoms with van der Waals surface area (Å²) in [5, 5.41) is 10.1. The molecule has 0 aromatic heterocycles. The number of hydrogen-bond acceptors (Lipinski definition) is 3. The molecule has 0 fully saturated rings. The SMILES string of the molecule is CCC(O)(CC)COc1ccc(F)cc1CN. The smallest absolute Gasteiger partial charge is 0.124 e. The normalized spacial score (nSPS) is 11.6. The first-order chi connectivity index (χ1) is 8.04. The van der Waals surface area contributed by atoms with Crippen LogP contribution in [0.2, 0.25) is 0 Å². The molecule has 0 radical (unpaired) electrons. The van der Waals surface area contributed by atoms with E-state index in [1.165, 1.54) is 12.1 Å². The predicted molar refractivity (Wildman–Crippen MR) is 65.3 cm³/mol. The van der Waals surface area contributed by atoms with Crippen molar-refractivity contribution in [1.82, 2.24) is 0 Å². The van der Waals surface area contributed by atoms with Gasteiger partial charge in [-0.3, -0.25) is 0 Å². The molecule has 0 bridgehead atoms. The van der Waals surface area contributed by atoms with Gasteiger partial charge in [-0.1, -0.05) is 13.8 Å². The van der Waals surface area contributed by atoms with E-state index in [1.807, 2.05) is 13.8 Å². The Morgan fingerprint density at radius 2 is 2.00 bits per heavy atom. The standard InChI is InChI=1S/C13H20FNO2/c1-3-13(16,4-2)9-17-12-6-5-11(14)7-10(12)8-15/h5-7,16H,3-4,8-9,15H2,1-2H3. The third-order valence-corrected chi connectivity index (χ3v) is 3.06. The second-order valence-corrected chi connectivity index (χ2v) is 4.18. The molecule has 0 aliphatic heterocycles. The van der Waals surface area contributed by atoms with E-state index in [0.29, 0.717) is 24.2 Å². The molecule has 0 atom stereocenters. The highest BCUT2D eigenvalue weighted by molar-refractivity contribution is 5.33. The summed E-state index contributed by atoms with van der Waals surface area (Å²) in [7, 11) is 0. The van der Waals surface area contributed by atoms with E-state index < -0.39 is 5.60 Å². The number of ether oxygens (including phenoxy) is 1. The fourth-order valence-electron chi connectivity index (χ4n) is 1.51. The zero-order valence-electron chi connectivity index (χ0n) is 10.4. The fraction of sp³-hybridized carbons (Fsp3) is 0.538. The van der Waals surface area contributed by atoms with Crippen LogP contribution in [0.15, 0.2) is 18.2 Å². The van der Waals surface area contributed by atoms with Crippen molar-refractivity contribution in [3.63, 3.8) is 0 Å². The summed E-state index contributed by atoms with van der Waals surface area (Å²) in [5.74, 6) is 0.202. The molecule has 1 aromatic carbocycles. The number of benzene rings is 1. The van der Waals surface area contributed by atoms with Gasteiger partial charge in [-0.2, -0.15) is 0 Å². The van der Waals surface area contributed by atoms with E-state index in [-0.39, 0.29) is 19.0 Å². The second kappa shape index (κ2) is 5.98.